The van der Waals surface area contributed by atoms with Crippen LogP contribution in [0, 0.1) is 5.82 Å². The average Bonchev–Trinajstić information content (AvgIpc) is 2.95. The topological polar surface area (TPSA) is 51.4 Å². The zero-order chi connectivity index (χ0) is 16.0. The Morgan fingerprint density at radius 3 is 2.91 bits per heavy atom. The fourth-order valence-corrected chi connectivity index (χ4v) is 3.44. The highest BCUT2D eigenvalue weighted by molar-refractivity contribution is 6.12. The van der Waals surface area contributed by atoms with Gasteiger partial charge in [0.05, 0.1) is 11.6 Å². The van der Waals surface area contributed by atoms with Gasteiger partial charge < -0.3 is 0 Å². The van der Waals surface area contributed by atoms with Gasteiger partial charge >= 0.3 is 0 Å². The van der Waals surface area contributed by atoms with Crippen molar-refractivity contribution in [1.29, 1.82) is 0 Å². The zero-order valence-electron chi connectivity index (χ0n) is 12.5. The molecule has 2 aliphatic rings. The first-order chi connectivity index (χ1) is 11.1. The molecule has 2 heterocycles. The molecule has 0 N–H and O–H groups in total. The lowest BCUT2D eigenvalue weighted by atomic mass is 9.94. The third-order valence-corrected chi connectivity index (χ3v) is 4.54. The summed E-state index contributed by atoms with van der Waals surface area (Å²) in [4.78, 5) is 29.5. The maximum Gasteiger partial charge on any atom is 0.252 e. The molecular formula is C18H15FN2O2. The van der Waals surface area contributed by atoms with Gasteiger partial charge in [0.15, 0.2) is 5.78 Å². The smallest absolute Gasteiger partial charge is 0.252 e. The third-order valence-electron chi connectivity index (χ3n) is 4.54. The number of nitrogens with zero attached hydrogens (tertiary/aromatic N) is 2. The fourth-order valence-electron chi connectivity index (χ4n) is 3.44. The van der Waals surface area contributed by atoms with Gasteiger partial charge in [-0.1, -0.05) is 18.6 Å². The number of aliphatic imine (C=N–C) groups is 1. The molecule has 0 spiro atoms. The van der Waals surface area contributed by atoms with Crippen molar-refractivity contribution in [2.75, 3.05) is 0 Å². The van der Waals surface area contributed by atoms with E-state index in [0.717, 1.165) is 31.4 Å². The van der Waals surface area contributed by atoms with Gasteiger partial charge in [0, 0.05) is 17.3 Å². The molecule has 2 aromatic rings. The number of hydrogen-bond acceptors (Lipinski definition) is 3. The zero-order valence-corrected chi connectivity index (χ0v) is 12.5. The molecule has 0 radical (unpaired) electrons. The lowest BCUT2D eigenvalue weighted by Crippen LogP contribution is -2.28. The van der Waals surface area contributed by atoms with Crippen molar-refractivity contribution in [3.63, 3.8) is 0 Å². The Bertz CT molecular complexity index is 898. The Hall–Kier alpha value is -2.56. The molecule has 116 valence electrons. The first kappa shape index (κ1) is 14.1. The highest BCUT2D eigenvalue weighted by atomic mass is 19.1. The second-order valence-electron chi connectivity index (χ2n) is 5.98. The van der Waals surface area contributed by atoms with Gasteiger partial charge in [-0.3, -0.25) is 14.2 Å². The number of pyridine rings is 1. The molecule has 0 saturated heterocycles. The molecule has 0 amide bonds. The Balaban J connectivity index is 1.86. The van der Waals surface area contributed by atoms with Crippen LogP contribution in [0.25, 0.3) is 0 Å². The molecular weight excluding hydrogens is 295 g/mol. The first-order valence-corrected chi connectivity index (χ1v) is 7.78. The molecule has 5 heteroatoms. The van der Waals surface area contributed by atoms with E-state index in [1.165, 1.54) is 30.3 Å². The fraction of sp³-hybridized carbons (Fsp3) is 0.278. The Labute approximate surface area is 132 Å². The average molecular weight is 310 g/mol. The van der Waals surface area contributed by atoms with Crippen LogP contribution in [-0.4, -0.2) is 16.1 Å². The van der Waals surface area contributed by atoms with E-state index in [-0.39, 0.29) is 22.9 Å². The number of aromatic nitrogens is 1. The van der Waals surface area contributed by atoms with E-state index in [9.17, 15) is 14.0 Å². The van der Waals surface area contributed by atoms with Crippen molar-refractivity contribution in [3.8, 4) is 0 Å². The van der Waals surface area contributed by atoms with Crippen molar-refractivity contribution >= 4 is 17.3 Å². The van der Waals surface area contributed by atoms with Gasteiger partial charge in [-0.25, -0.2) is 9.38 Å². The minimum Gasteiger partial charge on any atom is -0.288 e. The van der Waals surface area contributed by atoms with Crippen LogP contribution in [0.5, 0.6) is 0 Å². The minimum atomic E-state index is -0.458. The van der Waals surface area contributed by atoms with Crippen molar-refractivity contribution in [3.05, 3.63) is 63.7 Å². The van der Waals surface area contributed by atoms with E-state index in [4.69, 9.17) is 0 Å². The number of rotatable bonds is 2. The summed E-state index contributed by atoms with van der Waals surface area (Å²) in [7, 11) is 0. The molecule has 0 unspecified atom stereocenters. The number of halogens is 1. The molecule has 1 fully saturated rings. The maximum atomic E-state index is 13.4. The van der Waals surface area contributed by atoms with Crippen molar-refractivity contribution in [2.45, 2.75) is 31.7 Å². The molecule has 1 atom stereocenters. The first-order valence-electron chi connectivity index (χ1n) is 7.78. The van der Waals surface area contributed by atoms with Crippen LogP contribution < -0.4 is 5.56 Å². The molecule has 1 saturated carbocycles. The lowest BCUT2D eigenvalue weighted by Gasteiger charge is -2.21. The van der Waals surface area contributed by atoms with E-state index in [0.29, 0.717) is 11.4 Å². The van der Waals surface area contributed by atoms with Crippen LogP contribution in [-0.2, 0) is 0 Å². The molecule has 4 rings (SSSR count). The monoisotopic (exact) mass is 310 g/mol. The normalized spacial score (nSPS) is 19.0. The van der Waals surface area contributed by atoms with Crippen LogP contribution in [0.1, 0.15) is 47.6 Å². The number of carbonyl (C=O) groups is 1. The lowest BCUT2D eigenvalue weighted by molar-refractivity contribution is 0.103. The summed E-state index contributed by atoms with van der Waals surface area (Å²) in [6, 6.07) is 8.47. The molecule has 1 aromatic heterocycles. The number of carbonyl (C=O) groups excluding carboxylic acids is 1. The summed E-state index contributed by atoms with van der Waals surface area (Å²) in [5.74, 6) is -0.342. The van der Waals surface area contributed by atoms with E-state index < -0.39 is 5.82 Å². The summed E-state index contributed by atoms with van der Waals surface area (Å²) in [5.41, 5.74) is 1.47. The van der Waals surface area contributed by atoms with Crippen molar-refractivity contribution in [1.82, 2.24) is 4.57 Å². The third kappa shape index (κ3) is 2.23. The summed E-state index contributed by atoms with van der Waals surface area (Å²) in [6.45, 7) is 0. The predicted molar refractivity (Wildman–Crippen MR) is 85.1 cm³/mol. The summed E-state index contributed by atoms with van der Waals surface area (Å²) in [6.07, 6.45) is 3.85. The molecule has 1 aliphatic heterocycles. The minimum absolute atomic E-state index is 0.0218. The second kappa shape index (κ2) is 5.26. The molecule has 1 aliphatic carbocycles. The SMILES string of the molecule is O=C(c1cccc(F)c1)c1ccc(=O)n2c1N=C1CCCC[C@@H]12. The van der Waals surface area contributed by atoms with Crippen molar-refractivity contribution < 1.29 is 9.18 Å². The van der Waals surface area contributed by atoms with Crippen LogP contribution in [0.2, 0.25) is 0 Å². The Morgan fingerprint density at radius 1 is 1.22 bits per heavy atom. The molecule has 1 aromatic carbocycles. The summed E-state index contributed by atoms with van der Waals surface area (Å²) < 4.78 is 15.0. The number of fused-ring (bicyclic) bond motifs is 3. The largest absolute Gasteiger partial charge is 0.288 e. The van der Waals surface area contributed by atoms with Crippen LogP contribution in [0.15, 0.2) is 46.2 Å². The quantitative estimate of drug-likeness (QED) is 0.798. The van der Waals surface area contributed by atoms with Gasteiger partial charge in [0.25, 0.3) is 5.56 Å². The van der Waals surface area contributed by atoms with Crippen molar-refractivity contribution in [2.24, 2.45) is 4.99 Å². The summed E-state index contributed by atoms with van der Waals surface area (Å²) in [5, 5.41) is 0. The van der Waals surface area contributed by atoms with Gasteiger partial charge in [-0.05, 0) is 37.5 Å². The molecule has 4 nitrogen and oxygen atoms in total. The van der Waals surface area contributed by atoms with Crippen LogP contribution >= 0.6 is 0 Å². The van der Waals surface area contributed by atoms with Crippen LogP contribution in [0.3, 0.4) is 0 Å². The maximum absolute atomic E-state index is 13.4. The summed E-state index contributed by atoms with van der Waals surface area (Å²) >= 11 is 0. The van der Waals surface area contributed by atoms with Gasteiger partial charge in [-0.2, -0.15) is 0 Å². The highest BCUT2D eigenvalue weighted by Gasteiger charge is 2.32. The van der Waals surface area contributed by atoms with E-state index >= 15 is 0 Å². The van der Waals surface area contributed by atoms with Gasteiger partial charge in [0.2, 0.25) is 0 Å². The highest BCUT2D eigenvalue weighted by Crippen LogP contribution is 2.37. The van der Waals surface area contributed by atoms with Crippen LogP contribution in [0.4, 0.5) is 10.2 Å². The van der Waals surface area contributed by atoms with E-state index in [2.05, 4.69) is 4.99 Å². The number of ketones is 1. The second-order valence-corrected chi connectivity index (χ2v) is 5.98. The van der Waals surface area contributed by atoms with E-state index in [1.54, 1.807) is 10.6 Å². The van der Waals surface area contributed by atoms with E-state index in [1.807, 2.05) is 0 Å². The molecule has 0 bridgehead atoms. The molecule has 23 heavy (non-hydrogen) atoms. The number of hydrogen-bond donors (Lipinski definition) is 0. The van der Waals surface area contributed by atoms with Gasteiger partial charge in [-0.15, -0.1) is 0 Å². The Kier molecular flexibility index (Phi) is 3.22. The van der Waals surface area contributed by atoms with Gasteiger partial charge in [0.1, 0.15) is 11.6 Å². The predicted octanol–water partition coefficient (Wildman–Crippen LogP) is 3.42. The standard InChI is InChI=1S/C18H15FN2O2/c19-12-5-3-4-11(10-12)17(23)13-8-9-16(22)21-15-7-2-1-6-14(15)20-18(13)21/h3-5,8-10,15H,1-2,6-7H2/t15-/m0/s1. The Morgan fingerprint density at radius 2 is 2.09 bits per heavy atom. The number of benzene rings is 1.